The zero-order valence-electron chi connectivity index (χ0n) is 10.6. The number of halogens is 1. The van der Waals surface area contributed by atoms with Gasteiger partial charge in [0.2, 0.25) is 0 Å². The van der Waals surface area contributed by atoms with Crippen LogP contribution in [0, 0.1) is 5.82 Å². The van der Waals surface area contributed by atoms with Crippen molar-refractivity contribution in [3.05, 3.63) is 71.0 Å². The number of carboxylic acid groups (broad SMARTS) is 1. The first kappa shape index (κ1) is 14.4. The zero-order chi connectivity index (χ0) is 14.5. The second-order valence-electron chi connectivity index (χ2n) is 4.36. The number of aromatic carboxylic acids is 1. The topological polar surface area (TPSA) is 54.4 Å². The number of carbonyl (C=O) groups is 1. The molecular formula is C15H13FO3S. The summed E-state index contributed by atoms with van der Waals surface area (Å²) in [6.07, 6.45) is 0. The molecule has 5 heteroatoms. The quantitative estimate of drug-likeness (QED) is 0.921. The lowest BCUT2D eigenvalue weighted by molar-refractivity contribution is 0.0696. The van der Waals surface area contributed by atoms with E-state index >= 15 is 0 Å². The van der Waals surface area contributed by atoms with E-state index in [1.807, 2.05) is 0 Å². The number of carboxylic acids is 1. The lowest BCUT2D eigenvalue weighted by Gasteiger charge is -2.04. The highest BCUT2D eigenvalue weighted by Crippen LogP contribution is 2.12. The van der Waals surface area contributed by atoms with E-state index in [1.54, 1.807) is 24.3 Å². The van der Waals surface area contributed by atoms with Gasteiger partial charge in [-0.15, -0.1) is 0 Å². The lowest BCUT2D eigenvalue weighted by atomic mass is 10.1. The van der Waals surface area contributed by atoms with Gasteiger partial charge < -0.3 is 5.11 Å². The number of rotatable bonds is 5. The minimum absolute atomic E-state index is 0.182. The Balaban J connectivity index is 2.02. The molecule has 1 N–H and O–H groups in total. The SMILES string of the molecule is O=C(O)c1cccc(CS(=O)Cc2ccc(F)cc2)c1. The average Bonchev–Trinajstić information content (AvgIpc) is 2.41. The molecule has 104 valence electrons. The Morgan fingerprint density at radius 1 is 1.05 bits per heavy atom. The van der Waals surface area contributed by atoms with E-state index in [9.17, 15) is 13.4 Å². The summed E-state index contributed by atoms with van der Waals surface area (Å²) in [5.74, 6) is -0.736. The number of benzene rings is 2. The molecule has 0 amide bonds. The third-order valence-electron chi connectivity index (χ3n) is 2.74. The largest absolute Gasteiger partial charge is 0.478 e. The predicted octanol–water partition coefficient (Wildman–Crippen LogP) is 2.97. The van der Waals surface area contributed by atoms with E-state index in [-0.39, 0.29) is 17.1 Å². The normalized spacial score (nSPS) is 12.1. The van der Waals surface area contributed by atoms with Crippen LogP contribution < -0.4 is 0 Å². The van der Waals surface area contributed by atoms with Crippen LogP contribution in [-0.4, -0.2) is 15.3 Å². The van der Waals surface area contributed by atoms with Gasteiger partial charge in [0.05, 0.1) is 5.56 Å². The van der Waals surface area contributed by atoms with Crippen LogP contribution in [0.25, 0.3) is 0 Å². The van der Waals surface area contributed by atoms with Gasteiger partial charge in [-0.3, -0.25) is 4.21 Å². The molecule has 0 aliphatic heterocycles. The minimum Gasteiger partial charge on any atom is -0.478 e. The van der Waals surface area contributed by atoms with Crippen LogP contribution in [0.3, 0.4) is 0 Å². The predicted molar refractivity (Wildman–Crippen MR) is 75.4 cm³/mol. The maximum Gasteiger partial charge on any atom is 0.335 e. The molecule has 0 saturated heterocycles. The van der Waals surface area contributed by atoms with Gasteiger partial charge in [-0.25, -0.2) is 9.18 Å². The maximum absolute atomic E-state index is 12.8. The summed E-state index contributed by atoms with van der Waals surface area (Å²) in [6, 6.07) is 12.2. The van der Waals surface area contributed by atoms with Crippen molar-refractivity contribution in [2.75, 3.05) is 0 Å². The first-order valence-electron chi connectivity index (χ1n) is 5.96. The van der Waals surface area contributed by atoms with E-state index in [0.29, 0.717) is 11.3 Å². The van der Waals surface area contributed by atoms with Crippen LogP contribution in [0.1, 0.15) is 21.5 Å². The summed E-state index contributed by atoms with van der Waals surface area (Å²) >= 11 is 0. The molecule has 0 spiro atoms. The molecule has 2 aromatic carbocycles. The van der Waals surface area contributed by atoms with Crippen molar-refractivity contribution >= 4 is 16.8 Å². The molecule has 3 nitrogen and oxygen atoms in total. The molecule has 0 fully saturated rings. The van der Waals surface area contributed by atoms with Crippen LogP contribution in [0.15, 0.2) is 48.5 Å². The smallest absolute Gasteiger partial charge is 0.335 e. The van der Waals surface area contributed by atoms with Crippen molar-refractivity contribution in [3.63, 3.8) is 0 Å². The Morgan fingerprint density at radius 3 is 2.35 bits per heavy atom. The van der Waals surface area contributed by atoms with Gasteiger partial charge >= 0.3 is 5.97 Å². The van der Waals surface area contributed by atoms with Crippen molar-refractivity contribution in [3.8, 4) is 0 Å². The maximum atomic E-state index is 12.8. The van der Waals surface area contributed by atoms with Crippen molar-refractivity contribution in [2.24, 2.45) is 0 Å². The molecule has 0 aliphatic rings. The van der Waals surface area contributed by atoms with E-state index in [0.717, 1.165) is 5.56 Å². The third kappa shape index (κ3) is 3.99. The van der Waals surface area contributed by atoms with Crippen molar-refractivity contribution in [2.45, 2.75) is 11.5 Å². The Labute approximate surface area is 118 Å². The average molecular weight is 292 g/mol. The van der Waals surface area contributed by atoms with Crippen molar-refractivity contribution in [1.82, 2.24) is 0 Å². The van der Waals surface area contributed by atoms with E-state index < -0.39 is 16.8 Å². The Bertz CT molecular complexity index is 638. The molecular weight excluding hydrogens is 279 g/mol. The van der Waals surface area contributed by atoms with Crippen LogP contribution >= 0.6 is 0 Å². The highest BCUT2D eigenvalue weighted by molar-refractivity contribution is 7.83. The Morgan fingerprint density at radius 2 is 1.70 bits per heavy atom. The van der Waals surface area contributed by atoms with Gasteiger partial charge in [-0.05, 0) is 35.4 Å². The second kappa shape index (κ2) is 6.43. The van der Waals surface area contributed by atoms with Gasteiger partial charge in [0.1, 0.15) is 5.82 Å². The summed E-state index contributed by atoms with van der Waals surface area (Å²) < 4.78 is 24.8. The van der Waals surface area contributed by atoms with Gasteiger partial charge in [0, 0.05) is 22.3 Å². The number of hydrogen-bond donors (Lipinski definition) is 1. The molecule has 0 heterocycles. The zero-order valence-corrected chi connectivity index (χ0v) is 11.4. The van der Waals surface area contributed by atoms with Crippen LogP contribution in [0.5, 0.6) is 0 Å². The number of hydrogen-bond acceptors (Lipinski definition) is 2. The van der Waals surface area contributed by atoms with Gasteiger partial charge in [0.15, 0.2) is 0 Å². The molecule has 1 atom stereocenters. The summed E-state index contributed by atoms with van der Waals surface area (Å²) in [5.41, 5.74) is 1.69. The lowest BCUT2D eigenvalue weighted by Crippen LogP contribution is -2.02. The van der Waals surface area contributed by atoms with Crippen LogP contribution in [0.2, 0.25) is 0 Å². The first-order chi connectivity index (χ1) is 9.54. The van der Waals surface area contributed by atoms with Crippen LogP contribution in [0.4, 0.5) is 4.39 Å². The van der Waals surface area contributed by atoms with E-state index in [1.165, 1.54) is 24.3 Å². The molecule has 0 radical (unpaired) electrons. The molecule has 20 heavy (non-hydrogen) atoms. The van der Waals surface area contributed by atoms with Gasteiger partial charge in [-0.2, -0.15) is 0 Å². The molecule has 2 rings (SSSR count). The molecule has 0 aromatic heterocycles. The monoisotopic (exact) mass is 292 g/mol. The van der Waals surface area contributed by atoms with Gasteiger partial charge in [-0.1, -0.05) is 24.3 Å². The molecule has 0 bridgehead atoms. The van der Waals surface area contributed by atoms with Crippen LogP contribution in [-0.2, 0) is 22.3 Å². The van der Waals surface area contributed by atoms with Gasteiger partial charge in [0.25, 0.3) is 0 Å². The summed E-state index contributed by atoms with van der Waals surface area (Å²) in [4.78, 5) is 10.9. The molecule has 2 aromatic rings. The first-order valence-corrected chi connectivity index (χ1v) is 7.45. The fourth-order valence-electron chi connectivity index (χ4n) is 1.80. The second-order valence-corrected chi connectivity index (χ2v) is 5.82. The summed E-state index contributed by atoms with van der Waals surface area (Å²) in [6.45, 7) is 0. The Kier molecular flexibility index (Phi) is 4.63. The van der Waals surface area contributed by atoms with Crippen molar-refractivity contribution in [1.29, 1.82) is 0 Å². The third-order valence-corrected chi connectivity index (χ3v) is 4.05. The fraction of sp³-hybridized carbons (Fsp3) is 0.133. The summed E-state index contributed by atoms with van der Waals surface area (Å²) in [5, 5.41) is 8.89. The Hall–Kier alpha value is -2.01. The molecule has 0 aliphatic carbocycles. The van der Waals surface area contributed by atoms with Crippen molar-refractivity contribution < 1.29 is 18.5 Å². The molecule has 1 unspecified atom stereocenters. The van der Waals surface area contributed by atoms with E-state index in [2.05, 4.69) is 0 Å². The highest BCUT2D eigenvalue weighted by Gasteiger charge is 2.07. The fourth-order valence-corrected chi connectivity index (χ4v) is 3.02. The standard InChI is InChI=1S/C15H13FO3S/c16-14-6-4-11(5-7-14)9-20(19)10-12-2-1-3-13(8-12)15(17)18/h1-8H,9-10H2,(H,17,18). The minimum atomic E-state index is -1.17. The summed E-state index contributed by atoms with van der Waals surface area (Å²) in [7, 11) is -1.17. The highest BCUT2D eigenvalue weighted by atomic mass is 32.2. The molecule has 0 saturated carbocycles. The van der Waals surface area contributed by atoms with E-state index in [4.69, 9.17) is 5.11 Å².